The molecule has 0 aliphatic heterocycles. The number of sulfonamides is 1. The lowest BCUT2D eigenvalue weighted by atomic mass is 9.95. The quantitative estimate of drug-likeness (QED) is 0.718. The smallest absolute Gasteiger partial charge is 0.212 e. The molecule has 0 unspecified atom stereocenters. The first-order valence-corrected chi connectivity index (χ1v) is 8.10. The third-order valence-corrected chi connectivity index (χ3v) is 5.70. The summed E-state index contributed by atoms with van der Waals surface area (Å²) in [6.07, 6.45) is 5.48. The van der Waals surface area contributed by atoms with Gasteiger partial charge in [0.15, 0.2) is 0 Å². The zero-order valence-electron chi connectivity index (χ0n) is 10.2. The van der Waals surface area contributed by atoms with Crippen molar-refractivity contribution >= 4 is 21.6 Å². The van der Waals surface area contributed by atoms with Gasteiger partial charge in [0.05, 0.1) is 5.25 Å². The Morgan fingerprint density at radius 1 is 1.25 bits per heavy atom. The minimum Gasteiger partial charge on any atom is -0.212 e. The summed E-state index contributed by atoms with van der Waals surface area (Å²) in [6.45, 7) is 3.92. The van der Waals surface area contributed by atoms with E-state index in [-0.39, 0.29) is 11.3 Å². The first-order valence-electron chi connectivity index (χ1n) is 6.06. The molecule has 0 spiro atoms. The second kappa shape index (κ2) is 6.22. The van der Waals surface area contributed by atoms with Crippen molar-refractivity contribution in [1.29, 1.82) is 0 Å². The lowest BCUT2D eigenvalue weighted by molar-refractivity contribution is 0.260. The molecule has 5 heteroatoms. The van der Waals surface area contributed by atoms with Crippen molar-refractivity contribution in [3.05, 3.63) is 0 Å². The van der Waals surface area contributed by atoms with Crippen molar-refractivity contribution in [2.45, 2.75) is 57.2 Å². The molecule has 1 aliphatic carbocycles. The largest absolute Gasteiger partial charge is 0.216 e. The Morgan fingerprint density at radius 2 is 1.81 bits per heavy atom. The van der Waals surface area contributed by atoms with E-state index in [9.17, 15) is 8.42 Å². The molecule has 96 valence electrons. The maximum absolute atomic E-state index is 12.2. The van der Waals surface area contributed by atoms with Crippen LogP contribution in [0.5, 0.6) is 0 Å². The average Bonchev–Trinajstić information content (AvgIpc) is 2.26. The average molecular weight is 268 g/mol. The predicted octanol–water partition coefficient (Wildman–Crippen LogP) is 2.60. The molecule has 1 aliphatic rings. The normalized spacial score (nSPS) is 19.6. The Morgan fingerprint density at radius 3 is 2.25 bits per heavy atom. The second-order valence-corrected chi connectivity index (χ2v) is 7.50. The van der Waals surface area contributed by atoms with E-state index in [1.807, 2.05) is 0 Å². The minimum atomic E-state index is -3.15. The standard InChI is InChI=1S/C11H22ClNO2S/c1-10(2)16(14,15)13(9-8-12)11-6-4-3-5-7-11/h10-11H,3-9H2,1-2H3. The zero-order valence-corrected chi connectivity index (χ0v) is 11.7. The number of nitrogens with zero attached hydrogens (tertiary/aromatic N) is 1. The Bertz CT molecular complexity index is 297. The fourth-order valence-corrected chi connectivity index (χ4v) is 4.04. The van der Waals surface area contributed by atoms with Gasteiger partial charge in [-0.05, 0) is 26.7 Å². The Kier molecular flexibility index (Phi) is 5.54. The molecule has 0 heterocycles. The van der Waals surface area contributed by atoms with E-state index in [1.165, 1.54) is 6.42 Å². The molecule has 3 nitrogen and oxygen atoms in total. The van der Waals surface area contributed by atoms with Gasteiger partial charge in [0.25, 0.3) is 0 Å². The Hall–Kier alpha value is 0.200. The highest BCUT2D eigenvalue weighted by atomic mass is 35.5. The van der Waals surface area contributed by atoms with E-state index in [0.29, 0.717) is 12.4 Å². The first-order chi connectivity index (χ1) is 7.50. The summed E-state index contributed by atoms with van der Waals surface area (Å²) in [5.74, 6) is 0.377. The van der Waals surface area contributed by atoms with E-state index in [4.69, 9.17) is 11.6 Å². The molecule has 0 aromatic carbocycles. The number of rotatable bonds is 5. The Balaban J connectivity index is 2.80. The van der Waals surface area contributed by atoms with E-state index >= 15 is 0 Å². The molecule has 1 rings (SSSR count). The van der Waals surface area contributed by atoms with Gasteiger partial charge in [-0.15, -0.1) is 11.6 Å². The number of alkyl halides is 1. The van der Waals surface area contributed by atoms with Crippen molar-refractivity contribution in [1.82, 2.24) is 4.31 Å². The van der Waals surface area contributed by atoms with Crippen molar-refractivity contribution < 1.29 is 8.42 Å². The van der Waals surface area contributed by atoms with Gasteiger partial charge in [0.1, 0.15) is 0 Å². The molecule has 0 aromatic heterocycles. The summed E-state index contributed by atoms with van der Waals surface area (Å²) < 4.78 is 26.0. The van der Waals surface area contributed by atoms with E-state index in [2.05, 4.69) is 0 Å². The second-order valence-electron chi connectivity index (χ2n) is 4.69. The molecule has 1 fully saturated rings. The highest BCUT2D eigenvalue weighted by molar-refractivity contribution is 7.89. The van der Waals surface area contributed by atoms with Gasteiger partial charge in [-0.1, -0.05) is 19.3 Å². The van der Waals surface area contributed by atoms with E-state index in [1.54, 1.807) is 18.2 Å². The van der Waals surface area contributed by atoms with Crippen LogP contribution in [0.2, 0.25) is 0 Å². The van der Waals surface area contributed by atoms with Crippen LogP contribution >= 0.6 is 11.6 Å². The monoisotopic (exact) mass is 267 g/mol. The highest BCUT2D eigenvalue weighted by Crippen LogP contribution is 2.26. The van der Waals surface area contributed by atoms with Crippen LogP contribution < -0.4 is 0 Å². The maximum atomic E-state index is 12.2. The van der Waals surface area contributed by atoms with Crippen molar-refractivity contribution in [2.24, 2.45) is 0 Å². The zero-order chi connectivity index (χ0) is 12.2. The third kappa shape index (κ3) is 3.34. The highest BCUT2D eigenvalue weighted by Gasteiger charge is 2.32. The van der Waals surface area contributed by atoms with Gasteiger partial charge < -0.3 is 0 Å². The van der Waals surface area contributed by atoms with Crippen molar-refractivity contribution in [2.75, 3.05) is 12.4 Å². The van der Waals surface area contributed by atoms with Gasteiger partial charge in [-0.2, -0.15) is 4.31 Å². The summed E-state index contributed by atoms with van der Waals surface area (Å²) >= 11 is 5.72. The molecule has 0 radical (unpaired) electrons. The SMILES string of the molecule is CC(C)S(=O)(=O)N(CCCl)C1CCCCC1. The number of halogens is 1. The van der Waals surface area contributed by atoms with Gasteiger partial charge in [0, 0.05) is 18.5 Å². The fourth-order valence-electron chi connectivity index (χ4n) is 2.24. The maximum Gasteiger partial charge on any atom is 0.216 e. The summed E-state index contributed by atoms with van der Waals surface area (Å²) in [7, 11) is -3.15. The summed E-state index contributed by atoms with van der Waals surface area (Å²) in [5.41, 5.74) is 0. The molecule has 0 aromatic rings. The van der Waals surface area contributed by atoms with Crippen LogP contribution in [-0.4, -0.2) is 36.4 Å². The molecule has 1 saturated carbocycles. The van der Waals surface area contributed by atoms with Gasteiger partial charge in [-0.25, -0.2) is 8.42 Å². The van der Waals surface area contributed by atoms with Gasteiger partial charge >= 0.3 is 0 Å². The van der Waals surface area contributed by atoms with Crippen LogP contribution in [0.4, 0.5) is 0 Å². The number of hydrogen-bond acceptors (Lipinski definition) is 2. The summed E-state index contributed by atoms with van der Waals surface area (Å²) in [6, 6.07) is 0.180. The summed E-state index contributed by atoms with van der Waals surface area (Å²) in [4.78, 5) is 0. The van der Waals surface area contributed by atoms with Crippen LogP contribution in [0.15, 0.2) is 0 Å². The van der Waals surface area contributed by atoms with Crippen molar-refractivity contribution in [3.63, 3.8) is 0 Å². The molecule has 0 N–H and O–H groups in total. The summed E-state index contributed by atoms with van der Waals surface area (Å²) in [5, 5.41) is -0.349. The van der Waals surface area contributed by atoms with Gasteiger partial charge in [0.2, 0.25) is 10.0 Å². The third-order valence-electron chi connectivity index (χ3n) is 3.21. The molecular weight excluding hydrogens is 246 g/mol. The predicted molar refractivity (Wildman–Crippen MR) is 68.4 cm³/mol. The molecular formula is C11H22ClNO2S. The van der Waals surface area contributed by atoms with Gasteiger partial charge in [-0.3, -0.25) is 0 Å². The Labute approximate surface area is 104 Å². The van der Waals surface area contributed by atoms with Crippen LogP contribution in [0.3, 0.4) is 0 Å². The molecule has 16 heavy (non-hydrogen) atoms. The minimum absolute atomic E-state index is 0.180. The van der Waals surface area contributed by atoms with Crippen molar-refractivity contribution in [3.8, 4) is 0 Å². The van der Waals surface area contributed by atoms with Crippen LogP contribution in [0, 0.1) is 0 Å². The van der Waals surface area contributed by atoms with E-state index in [0.717, 1.165) is 25.7 Å². The van der Waals surface area contributed by atoms with Crippen LogP contribution in [0.1, 0.15) is 46.0 Å². The molecule has 0 bridgehead atoms. The molecule has 0 amide bonds. The topological polar surface area (TPSA) is 37.4 Å². The van der Waals surface area contributed by atoms with E-state index < -0.39 is 10.0 Å². The molecule has 0 atom stereocenters. The van der Waals surface area contributed by atoms with Crippen LogP contribution in [-0.2, 0) is 10.0 Å². The number of hydrogen-bond donors (Lipinski definition) is 0. The lowest BCUT2D eigenvalue weighted by Gasteiger charge is -2.34. The fraction of sp³-hybridized carbons (Fsp3) is 1.00. The first kappa shape index (κ1) is 14.3. The lowest BCUT2D eigenvalue weighted by Crippen LogP contribution is -2.45. The van der Waals surface area contributed by atoms with Crippen LogP contribution in [0.25, 0.3) is 0 Å². The molecule has 0 saturated heterocycles.